The molecule has 0 radical (unpaired) electrons. The molecule has 3 rings (SSSR count). The van der Waals surface area contributed by atoms with Gasteiger partial charge in [0.25, 0.3) is 5.56 Å². The second kappa shape index (κ2) is 8.13. The van der Waals surface area contributed by atoms with Crippen LogP contribution in [0.15, 0.2) is 63.4 Å². The van der Waals surface area contributed by atoms with Gasteiger partial charge in [0.15, 0.2) is 5.16 Å². The van der Waals surface area contributed by atoms with E-state index >= 15 is 0 Å². The number of carbonyl (C=O) groups excluding carboxylic acids is 1. The lowest BCUT2D eigenvalue weighted by Gasteiger charge is -2.09. The Morgan fingerprint density at radius 2 is 1.86 bits per heavy atom. The average Bonchev–Trinajstić information content (AvgIpc) is 2.65. The van der Waals surface area contributed by atoms with Crippen LogP contribution in [0.1, 0.15) is 6.42 Å². The van der Waals surface area contributed by atoms with E-state index in [2.05, 4.69) is 10.3 Å². The normalized spacial score (nSPS) is 11.5. The number of sulfonamides is 1. The zero-order valence-electron chi connectivity index (χ0n) is 15.0. The number of rotatable bonds is 6. The number of fused-ring (bicyclic) bond motifs is 1. The van der Waals surface area contributed by atoms with Gasteiger partial charge in [-0.1, -0.05) is 23.9 Å². The monoisotopic (exact) mass is 418 g/mol. The van der Waals surface area contributed by atoms with Crippen LogP contribution >= 0.6 is 11.8 Å². The predicted molar refractivity (Wildman–Crippen MR) is 109 cm³/mol. The molecule has 10 heteroatoms. The van der Waals surface area contributed by atoms with Crippen molar-refractivity contribution in [3.63, 3.8) is 0 Å². The van der Waals surface area contributed by atoms with Crippen molar-refractivity contribution >= 4 is 44.3 Å². The molecule has 1 heterocycles. The largest absolute Gasteiger partial charge is 0.326 e. The van der Waals surface area contributed by atoms with Crippen LogP contribution in [0.4, 0.5) is 5.69 Å². The minimum atomic E-state index is -3.77. The number of hydrogen-bond donors (Lipinski definition) is 2. The number of nitrogens with one attached hydrogen (secondary N) is 1. The fraction of sp³-hybridized carbons (Fsp3) is 0.167. The number of nitrogens with zero attached hydrogens (tertiary/aromatic N) is 2. The first-order valence-electron chi connectivity index (χ1n) is 8.27. The molecule has 3 aromatic rings. The first-order valence-corrected chi connectivity index (χ1v) is 10.8. The van der Waals surface area contributed by atoms with Crippen LogP contribution in [-0.4, -0.2) is 29.6 Å². The minimum Gasteiger partial charge on any atom is -0.326 e. The molecule has 2 aromatic carbocycles. The van der Waals surface area contributed by atoms with Crippen molar-refractivity contribution in [1.29, 1.82) is 0 Å². The van der Waals surface area contributed by atoms with Gasteiger partial charge in [-0.15, -0.1) is 0 Å². The van der Waals surface area contributed by atoms with Crippen LogP contribution in [0.2, 0.25) is 0 Å². The first-order chi connectivity index (χ1) is 13.3. The van der Waals surface area contributed by atoms with Gasteiger partial charge in [0, 0.05) is 24.9 Å². The molecule has 1 aromatic heterocycles. The minimum absolute atomic E-state index is 0.0237. The number of nitrogens with two attached hydrogens (primary N) is 1. The highest BCUT2D eigenvalue weighted by molar-refractivity contribution is 7.99. The van der Waals surface area contributed by atoms with Crippen molar-refractivity contribution in [2.75, 3.05) is 11.1 Å². The van der Waals surface area contributed by atoms with E-state index in [1.165, 1.54) is 40.6 Å². The highest BCUT2D eigenvalue weighted by Crippen LogP contribution is 2.18. The number of amides is 1. The fourth-order valence-corrected chi connectivity index (χ4v) is 3.94. The molecule has 0 saturated heterocycles. The number of carbonyl (C=O) groups is 1. The summed E-state index contributed by atoms with van der Waals surface area (Å²) in [6.45, 7) is 0. The zero-order valence-corrected chi connectivity index (χ0v) is 16.6. The Morgan fingerprint density at radius 1 is 1.18 bits per heavy atom. The van der Waals surface area contributed by atoms with Crippen LogP contribution in [0.25, 0.3) is 10.9 Å². The maximum absolute atomic E-state index is 12.4. The molecule has 0 unspecified atom stereocenters. The van der Waals surface area contributed by atoms with Crippen LogP contribution < -0.4 is 16.0 Å². The van der Waals surface area contributed by atoms with Gasteiger partial charge < -0.3 is 5.32 Å². The third-order valence-electron chi connectivity index (χ3n) is 3.97. The Balaban J connectivity index is 1.61. The van der Waals surface area contributed by atoms with E-state index in [4.69, 9.17) is 5.14 Å². The summed E-state index contributed by atoms with van der Waals surface area (Å²) >= 11 is 1.32. The number of thioether (sulfide) groups is 1. The quantitative estimate of drug-likeness (QED) is 0.464. The lowest BCUT2D eigenvalue weighted by molar-refractivity contribution is -0.115. The molecule has 0 aliphatic heterocycles. The van der Waals surface area contributed by atoms with Crippen molar-refractivity contribution in [1.82, 2.24) is 9.55 Å². The third-order valence-corrected chi connectivity index (χ3v) is 5.93. The summed E-state index contributed by atoms with van der Waals surface area (Å²) in [7, 11) is -2.12. The Hall–Kier alpha value is -2.69. The van der Waals surface area contributed by atoms with Crippen molar-refractivity contribution in [2.24, 2.45) is 12.2 Å². The van der Waals surface area contributed by atoms with Crippen LogP contribution in [0.3, 0.4) is 0 Å². The standard InChI is InChI=1S/C18H18N4O4S2/c1-22-17(24)14-4-2-3-5-15(14)21-18(22)27-11-10-16(23)20-12-6-8-13(9-7-12)28(19,25)26/h2-9H,10-11H2,1H3,(H,20,23)(H2,19,25,26). The molecular weight excluding hydrogens is 400 g/mol. The van der Waals surface area contributed by atoms with Crippen LogP contribution in [0.5, 0.6) is 0 Å². The Bertz CT molecular complexity index is 1190. The van der Waals surface area contributed by atoms with Gasteiger partial charge in [-0.2, -0.15) is 0 Å². The highest BCUT2D eigenvalue weighted by Gasteiger charge is 2.11. The smallest absolute Gasteiger partial charge is 0.261 e. The molecule has 0 aliphatic rings. The topological polar surface area (TPSA) is 124 Å². The SMILES string of the molecule is Cn1c(SCCC(=O)Nc2ccc(S(N)(=O)=O)cc2)nc2ccccc2c1=O. The summed E-state index contributed by atoms with van der Waals surface area (Å²) in [6, 6.07) is 12.7. The fourth-order valence-electron chi connectivity index (χ4n) is 2.51. The second-order valence-corrected chi connectivity index (χ2v) is 8.62. The molecule has 0 bridgehead atoms. The van der Waals surface area contributed by atoms with E-state index in [0.29, 0.717) is 27.5 Å². The van der Waals surface area contributed by atoms with Crippen LogP contribution in [0, 0.1) is 0 Å². The molecule has 146 valence electrons. The van der Waals surface area contributed by atoms with E-state index in [1.54, 1.807) is 25.2 Å². The van der Waals surface area contributed by atoms with E-state index < -0.39 is 10.0 Å². The van der Waals surface area contributed by atoms with Crippen molar-refractivity contribution in [3.8, 4) is 0 Å². The van der Waals surface area contributed by atoms with Crippen LogP contribution in [-0.2, 0) is 21.9 Å². The lowest BCUT2D eigenvalue weighted by Crippen LogP contribution is -2.20. The van der Waals surface area contributed by atoms with Gasteiger partial charge in [0.2, 0.25) is 15.9 Å². The number of benzene rings is 2. The Labute approximate surface area is 165 Å². The number of aromatic nitrogens is 2. The molecule has 8 nitrogen and oxygen atoms in total. The van der Waals surface area contributed by atoms with Crippen molar-refractivity contribution in [2.45, 2.75) is 16.5 Å². The van der Waals surface area contributed by atoms with Crippen molar-refractivity contribution in [3.05, 3.63) is 58.9 Å². The first kappa shape index (κ1) is 20.1. The van der Waals surface area contributed by atoms with E-state index in [0.717, 1.165) is 0 Å². The molecule has 0 aliphatic carbocycles. The van der Waals surface area contributed by atoms with Gasteiger partial charge in [0.05, 0.1) is 15.8 Å². The van der Waals surface area contributed by atoms with Gasteiger partial charge in [-0.05, 0) is 36.4 Å². The average molecular weight is 419 g/mol. The van der Waals surface area contributed by atoms with Gasteiger partial charge >= 0.3 is 0 Å². The van der Waals surface area contributed by atoms with E-state index in [1.807, 2.05) is 6.07 Å². The van der Waals surface area contributed by atoms with Crippen molar-refractivity contribution < 1.29 is 13.2 Å². The van der Waals surface area contributed by atoms with Gasteiger partial charge in [-0.25, -0.2) is 18.5 Å². The maximum Gasteiger partial charge on any atom is 0.261 e. The van der Waals surface area contributed by atoms with Gasteiger partial charge in [-0.3, -0.25) is 14.2 Å². The summed E-state index contributed by atoms with van der Waals surface area (Å²) in [5.41, 5.74) is 0.957. The zero-order chi connectivity index (χ0) is 20.3. The Kier molecular flexibility index (Phi) is 5.82. The van der Waals surface area contributed by atoms with E-state index in [9.17, 15) is 18.0 Å². The molecule has 0 fully saturated rings. The summed E-state index contributed by atoms with van der Waals surface area (Å²) in [6.07, 6.45) is 0.199. The lowest BCUT2D eigenvalue weighted by atomic mass is 10.2. The molecule has 3 N–H and O–H groups in total. The van der Waals surface area contributed by atoms with Gasteiger partial charge in [0.1, 0.15) is 0 Å². The molecular formula is C18H18N4O4S2. The second-order valence-electron chi connectivity index (χ2n) is 5.99. The predicted octanol–water partition coefficient (Wildman–Crippen LogP) is 1.70. The maximum atomic E-state index is 12.4. The summed E-state index contributed by atoms with van der Waals surface area (Å²) in [5.74, 6) is 0.196. The molecule has 0 saturated carbocycles. The molecule has 1 amide bonds. The number of hydrogen-bond acceptors (Lipinski definition) is 6. The number of primary sulfonamides is 1. The molecule has 28 heavy (non-hydrogen) atoms. The number of anilines is 1. The summed E-state index contributed by atoms with van der Waals surface area (Å²) in [5, 5.41) is 8.81. The third kappa shape index (κ3) is 4.58. The molecule has 0 atom stereocenters. The Morgan fingerprint density at radius 3 is 2.54 bits per heavy atom. The van der Waals surface area contributed by atoms with E-state index in [-0.39, 0.29) is 22.8 Å². The summed E-state index contributed by atoms with van der Waals surface area (Å²) < 4.78 is 23.9. The number of para-hydroxylation sites is 1. The highest BCUT2D eigenvalue weighted by atomic mass is 32.2. The molecule has 0 spiro atoms. The summed E-state index contributed by atoms with van der Waals surface area (Å²) in [4.78, 5) is 28.9.